The van der Waals surface area contributed by atoms with Gasteiger partial charge in [0.15, 0.2) is 5.82 Å². The summed E-state index contributed by atoms with van der Waals surface area (Å²) >= 11 is 18.7. The summed E-state index contributed by atoms with van der Waals surface area (Å²) in [5.74, 6) is 2.61. The molecule has 31 heavy (non-hydrogen) atoms. The number of rotatable bonds is 7. The zero-order valence-electron chi connectivity index (χ0n) is 17.6. The molecule has 0 spiro atoms. The van der Waals surface area contributed by atoms with Crippen LogP contribution in [0.25, 0.3) is 0 Å². The first kappa shape index (κ1) is 22.9. The molecule has 2 saturated heterocycles. The highest BCUT2D eigenvalue weighted by Gasteiger charge is 2.37. The molecule has 0 saturated carbocycles. The number of hydrogen-bond acceptors (Lipinski definition) is 6. The smallest absolute Gasteiger partial charge is 0.227 e. The van der Waals surface area contributed by atoms with Crippen molar-refractivity contribution in [3.8, 4) is 0 Å². The Morgan fingerprint density at radius 2 is 1.97 bits per heavy atom. The van der Waals surface area contributed by atoms with Crippen LogP contribution in [0.5, 0.6) is 0 Å². The molecule has 1 aromatic carbocycles. The van der Waals surface area contributed by atoms with E-state index in [1.54, 1.807) is 12.3 Å². The molecule has 168 valence electrons. The second kappa shape index (κ2) is 10.1. The number of β-amino-alcohol motifs (C(OH)–C–C–N with tert-alkyl or cyclic N) is 1. The van der Waals surface area contributed by atoms with Crippen LogP contribution in [0.2, 0.25) is 15.1 Å². The van der Waals surface area contributed by atoms with Crippen molar-refractivity contribution in [2.45, 2.75) is 25.8 Å². The van der Waals surface area contributed by atoms with Gasteiger partial charge in [-0.15, -0.1) is 0 Å². The highest BCUT2D eigenvalue weighted by atomic mass is 35.5. The maximum Gasteiger partial charge on any atom is 0.227 e. The molecule has 9 heteroatoms. The maximum atomic E-state index is 9.22. The first-order valence-corrected chi connectivity index (χ1v) is 11.9. The lowest BCUT2D eigenvalue weighted by Crippen LogP contribution is -2.54. The SMILES string of the molecule is C[C@@H](Nc1nc(N2CC([C@H]3CCCN(CCO)C3)C2)ncc1Cl)c1ccc(Cl)cc1Cl. The molecule has 3 heterocycles. The normalized spacial score (nSPS) is 21.1. The van der Waals surface area contributed by atoms with Crippen LogP contribution in [0.4, 0.5) is 11.8 Å². The molecular formula is C22H28Cl3N5O. The summed E-state index contributed by atoms with van der Waals surface area (Å²) in [6.45, 7) is 7.10. The zero-order chi connectivity index (χ0) is 22.0. The minimum Gasteiger partial charge on any atom is -0.395 e. The van der Waals surface area contributed by atoms with Gasteiger partial charge in [-0.05, 0) is 55.8 Å². The van der Waals surface area contributed by atoms with Crippen LogP contribution in [-0.4, -0.2) is 59.3 Å². The lowest BCUT2D eigenvalue weighted by molar-refractivity contribution is 0.101. The Morgan fingerprint density at radius 1 is 1.16 bits per heavy atom. The summed E-state index contributed by atoms with van der Waals surface area (Å²) in [4.78, 5) is 13.7. The van der Waals surface area contributed by atoms with Gasteiger partial charge in [0.25, 0.3) is 0 Å². The van der Waals surface area contributed by atoms with E-state index < -0.39 is 0 Å². The number of hydrogen-bond donors (Lipinski definition) is 2. The van der Waals surface area contributed by atoms with Crippen molar-refractivity contribution in [2.24, 2.45) is 11.8 Å². The molecule has 4 rings (SSSR count). The Hall–Kier alpha value is -1.31. The second-order valence-electron chi connectivity index (χ2n) is 8.49. The van der Waals surface area contributed by atoms with Crippen LogP contribution in [0, 0.1) is 11.8 Å². The lowest BCUT2D eigenvalue weighted by Gasteiger charge is -2.46. The topological polar surface area (TPSA) is 64.5 Å². The Labute approximate surface area is 198 Å². The van der Waals surface area contributed by atoms with E-state index in [0.29, 0.717) is 38.7 Å². The third kappa shape index (κ3) is 5.37. The van der Waals surface area contributed by atoms with Crippen LogP contribution in [0.15, 0.2) is 24.4 Å². The molecule has 0 aliphatic carbocycles. The highest BCUT2D eigenvalue weighted by molar-refractivity contribution is 6.35. The number of likely N-dealkylation sites (tertiary alicyclic amines) is 1. The van der Waals surface area contributed by atoms with E-state index in [9.17, 15) is 5.11 Å². The molecule has 2 aliphatic rings. The van der Waals surface area contributed by atoms with Gasteiger partial charge in [-0.1, -0.05) is 40.9 Å². The molecule has 2 aliphatic heterocycles. The Balaban J connectivity index is 1.38. The summed E-state index contributed by atoms with van der Waals surface area (Å²) in [6, 6.07) is 5.37. The maximum absolute atomic E-state index is 9.22. The van der Waals surface area contributed by atoms with Crippen LogP contribution in [0.3, 0.4) is 0 Å². The number of aromatic nitrogens is 2. The fourth-order valence-corrected chi connectivity index (χ4v) is 5.26. The largest absolute Gasteiger partial charge is 0.395 e. The van der Waals surface area contributed by atoms with E-state index in [4.69, 9.17) is 39.8 Å². The molecule has 2 aromatic rings. The van der Waals surface area contributed by atoms with Crippen LogP contribution < -0.4 is 10.2 Å². The molecule has 6 nitrogen and oxygen atoms in total. The number of anilines is 2. The van der Waals surface area contributed by atoms with Crippen molar-refractivity contribution in [3.05, 3.63) is 45.0 Å². The lowest BCUT2D eigenvalue weighted by atomic mass is 9.81. The number of nitrogens with zero attached hydrogens (tertiary/aromatic N) is 4. The number of nitrogens with one attached hydrogen (secondary N) is 1. The predicted octanol–water partition coefficient (Wildman–Crippen LogP) is 4.75. The number of halogens is 3. The van der Waals surface area contributed by atoms with E-state index in [0.717, 1.165) is 38.3 Å². The minimum absolute atomic E-state index is 0.0890. The third-order valence-corrected chi connectivity index (χ3v) is 7.17. The fraction of sp³-hybridized carbons (Fsp3) is 0.545. The number of piperidine rings is 1. The van der Waals surface area contributed by atoms with Gasteiger partial charge in [0.05, 0.1) is 18.8 Å². The first-order valence-electron chi connectivity index (χ1n) is 10.8. The van der Waals surface area contributed by atoms with Crippen LogP contribution in [-0.2, 0) is 0 Å². The molecule has 0 unspecified atom stereocenters. The van der Waals surface area contributed by atoms with Crippen molar-refractivity contribution in [2.75, 3.05) is 49.5 Å². The van der Waals surface area contributed by atoms with E-state index in [1.165, 1.54) is 12.8 Å². The molecule has 2 N–H and O–H groups in total. The molecule has 2 fully saturated rings. The molecule has 2 atom stereocenters. The molecule has 0 amide bonds. The zero-order valence-corrected chi connectivity index (χ0v) is 19.8. The summed E-state index contributed by atoms with van der Waals surface area (Å²) in [5, 5.41) is 14.3. The van der Waals surface area contributed by atoms with E-state index in [-0.39, 0.29) is 12.6 Å². The average Bonchev–Trinajstić information content (AvgIpc) is 2.70. The molecule has 1 aromatic heterocycles. The second-order valence-corrected chi connectivity index (χ2v) is 9.74. The van der Waals surface area contributed by atoms with E-state index in [2.05, 4.69) is 20.1 Å². The van der Waals surface area contributed by atoms with Gasteiger partial charge in [0.1, 0.15) is 5.02 Å². The molecule has 0 bridgehead atoms. The summed E-state index contributed by atoms with van der Waals surface area (Å²) < 4.78 is 0. The summed E-state index contributed by atoms with van der Waals surface area (Å²) in [5.41, 5.74) is 0.927. The first-order chi connectivity index (χ1) is 14.9. The van der Waals surface area contributed by atoms with Gasteiger partial charge in [-0.2, -0.15) is 4.98 Å². The van der Waals surface area contributed by atoms with Gasteiger partial charge in [-0.3, -0.25) is 0 Å². The van der Waals surface area contributed by atoms with Crippen molar-refractivity contribution in [1.82, 2.24) is 14.9 Å². The molecule has 0 radical (unpaired) electrons. The molecular weight excluding hydrogens is 457 g/mol. The standard InChI is InChI=1S/C22H28Cl3N5O/c1-14(18-5-4-17(23)9-19(18)24)27-21-20(25)10-26-22(28-21)30-12-16(13-30)15-3-2-6-29(11-15)7-8-31/h4-5,9-10,14-16,31H,2-3,6-8,11-13H2,1H3,(H,26,27,28)/t14-,15+/m1/s1. The summed E-state index contributed by atoms with van der Waals surface area (Å²) in [7, 11) is 0. The number of aliphatic hydroxyl groups excluding tert-OH is 1. The monoisotopic (exact) mass is 483 g/mol. The van der Waals surface area contributed by atoms with E-state index in [1.807, 2.05) is 19.1 Å². The van der Waals surface area contributed by atoms with Gasteiger partial charge in [0.2, 0.25) is 5.95 Å². The van der Waals surface area contributed by atoms with Crippen LogP contribution in [0.1, 0.15) is 31.4 Å². The number of aliphatic hydroxyl groups is 1. The Bertz CT molecular complexity index is 907. The quantitative estimate of drug-likeness (QED) is 0.591. The van der Waals surface area contributed by atoms with Gasteiger partial charge >= 0.3 is 0 Å². The van der Waals surface area contributed by atoms with Crippen molar-refractivity contribution in [3.63, 3.8) is 0 Å². The van der Waals surface area contributed by atoms with Crippen molar-refractivity contribution >= 4 is 46.6 Å². The number of benzene rings is 1. The van der Waals surface area contributed by atoms with Crippen LogP contribution >= 0.6 is 34.8 Å². The Kier molecular flexibility index (Phi) is 7.44. The van der Waals surface area contributed by atoms with Gasteiger partial charge in [0, 0.05) is 36.2 Å². The predicted molar refractivity (Wildman–Crippen MR) is 127 cm³/mol. The highest BCUT2D eigenvalue weighted by Crippen LogP contribution is 2.35. The average molecular weight is 485 g/mol. The van der Waals surface area contributed by atoms with Gasteiger partial charge < -0.3 is 20.2 Å². The van der Waals surface area contributed by atoms with E-state index >= 15 is 0 Å². The minimum atomic E-state index is -0.0890. The van der Waals surface area contributed by atoms with Crippen molar-refractivity contribution in [1.29, 1.82) is 0 Å². The summed E-state index contributed by atoms with van der Waals surface area (Å²) in [6.07, 6.45) is 4.12. The Morgan fingerprint density at radius 3 is 2.71 bits per heavy atom. The third-order valence-electron chi connectivity index (χ3n) is 6.33. The fourth-order valence-electron chi connectivity index (χ4n) is 4.54. The van der Waals surface area contributed by atoms with Gasteiger partial charge in [-0.25, -0.2) is 4.98 Å². The van der Waals surface area contributed by atoms with Crippen molar-refractivity contribution < 1.29 is 5.11 Å².